The quantitative estimate of drug-likeness (QED) is 0.738. The molecule has 0 saturated heterocycles. The van der Waals surface area contributed by atoms with Crippen LogP contribution < -0.4 is 5.32 Å². The molecule has 1 aromatic heterocycles. The number of aliphatic hydroxyl groups excluding tert-OH is 1. The molecule has 1 fully saturated rings. The minimum atomic E-state index is -0.216. The van der Waals surface area contributed by atoms with Crippen molar-refractivity contribution in [2.75, 3.05) is 0 Å². The molecule has 1 aliphatic rings. The average molecular weight is 224 g/mol. The highest BCUT2D eigenvalue weighted by Gasteiger charge is 2.21. The van der Waals surface area contributed by atoms with E-state index >= 15 is 0 Å². The van der Waals surface area contributed by atoms with E-state index in [1.54, 1.807) is 11.0 Å². The fourth-order valence-electron chi connectivity index (χ4n) is 2.21. The summed E-state index contributed by atoms with van der Waals surface area (Å²) in [5, 5.41) is 17.5. The van der Waals surface area contributed by atoms with Gasteiger partial charge in [0.15, 0.2) is 5.82 Å². The third-order valence-corrected chi connectivity index (χ3v) is 3.15. The normalized spacial score (nSPS) is 26.6. The maximum atomic E-state index is 9.92. The van der Waals surface area contributed by atoms with Crippen LogP contribution in [0.25, 0.3) is 0 Å². The molecule has 1 aliphatic carbocycles. The van der Waals surface area contributed by atoms with Crippen molar-refractivity contribution >= 4 is 0 Å². The third kappa shape index (κ3) is 3.02. The summed E-state index contributed by atoms with van der Waals surface area (Å²) in [5.41, 5.74) is 0. The fourth-order valence-corrected chi connectivity index (χ4v) is 2.21. The zero-order valence-corrected chi connectivity index (χ0v) is 9.76. The van der Waals surface area contributed by atoms with Gasteiger partial charge in [-0.3, -0.25) is 4.68 Å². The highest BCUT2D eigenvalue weighted by atomic mass is 16.3. The molecule has 0 radical (unpaired) electrons. The molecule has 1 saturated carbocycles. The van der Waals surface area contributed by atoms with Crippen molar-refractivity contribution in [2.45, 2.75) is 50.8 Å². The van der Waals surface area contributed by atoms with E-state index in [4.69, 9.17) is 0 Å². The molecule has 2 N–H and O–H groups in total. The molecule has 0 aliphatic heterocycles. The maximum Gasteiger partial charge on any atom is 0.164 e. The second-order valence-corrected chi connectivity index (χ2v) is 4.53. The van der Waals surface area contributed by atoms with Gasteiger partial charge in [0.2, 0.25) is 0 Å². The number of hydrogen-bond acceptors (Lipinski definition) is 4. The molecule has 0 amide bonds. The number of nitrogens with zero attached hydrogens (tertiary/aromatic N) is 3. The number of aryl methyl sites for hydroxylation is 1. The Balaban J connectivity index is 1.83. The Kier molecular flexibility index (Phi) is 3.90. The average Bonchev–Trinajstić information content (AvgIpc) is 2.56. The van der Waals surface area contributed by atoms with Crippen molar-refractivity contribution < 1.29 is 5.11 Å². The van der Waals surface area contributed by atoms with E-state index < -0.39 is 0 Å². The van der Waals surface area contributed by atoms with Crippen LogP contribution in [0.2, 0.25) is 0 Å². The van der Waals surface area contributed by atoms with Crippen LogP contribution in [0.15, 0.2) is 6.33 Å². The smallest absolute Gasteiger partial charge is 0.164 e. The van der Waals surface area contributed by atoms with Gasteiger partial charge in [-0.25, -0.2) is 4.98 Å². The number of aliphatic hydroxyl groups is 1. The fraction of sp³-hybridized carbons (Fsp3) is 0.818. The Labute approximate surface area is 95.9 Å². The number of nitrogens with one attached hydrogen (secondary N) is 1. The van der Waals surface area contributed by atoms with Gasteiger partial charge in [-0.05, 0) is 12.8 Å². The van der Waals surface area contributed by atoms with E-state index in [-0.39, 0.29) is 12.1 Å². The van der Waals surface area contributed by atoms with Crippen LogP contribution in [-0.2, 0) is 13.6 Å². The molecule has 5 heteroatoms. The predicted molar refractivity (Wildman–Crippen MR) is 60.7 cm³/mol. The highest BCUT2D eigenvalue weighted by Crippen LogP contribution is 2.18. The van der Waals surface area contributed by atoms with Crippen molar-refractivity contribution in [1.82, 2.24) is 20.1 Å². The summed E-state index contributed by atoms with van der Waals surface area (Å²) in [6.45, 7) is 0.641. The topological polar surface area (TPSA) is 63.0 Å². The molecule has 16 heavy (non-hydrogen) atoms. The molecule has 2 atom stereocenters. The molecule has 0 bridgehead atoms. The minimum absolute atomic E-state index is 0.200. The van der Waals surface area contributed by atoms with Crippen molar-refractivity contribution in [3.8, 4) is 0 Å². The van der Waals surface area contributed by atoms with E-state index in [2.05, 4.69) is 15.4 Å². The van der Waals surface area contributed by atoms with Gasteiger partial charge in [-0.1, -0.05) is 19.3 Å². The molecule has 0 aromatic carbocycles. The summed E-state index contributed by atoms with van der Waals surface area (Å²) < 4.78 is 1.69. The second kappa shape index (κ2) is 5.41. The Morgan fingerprint density at radius 2 is 2.25 bits per heavy atom. The molecule has 2 unspecified atom stereocenters. The van der Waals surface area contributed by atoms with Gasteiger partial charge in [0.05, 0.1) is 12.6 Å². The molecule has 2 rings (SSSR count). The number of rotatable bonds is 3. The Hall–Kier alpha value is -0.940. The first-order chi connectivity index (χ1) is 7.75. The van der Waals surface area contributed by atoms with Crippen molar-refractivity contribution in [3.05, 3.63) is 12.2 Å². The largest absolute Gasteiger partial charge is 0.392 e. The summed E-state index contributed by atoms with van der Waals surface area (Å²) >= 11 is 0. The van der Waals surface area contributed by atoms with Gasteiger partial charge in [-0.2, -0.15) is 5.10 Å². The molecule has 1 heterocycles. The zero-order chi connectivity index (χ0) is 11.4. The maximum absolute atomic E-state index is 9.92. The van der Waals surface area contributed by atoms with Crippen LogP contribution in [0.1, 0.15) is 37.9 Å². The lowest BCUT2D eigenvalue weighted by atomic mass is 10.1. The summed E-state index contributed by atoms with van der Waals surface area (Å²) in [6, 6.07) is 0.200. The van der Waals surface area contributed by atoms with Gasteiger partial charge < -0.3 is 10.4 Å². The van der Waals surface area contributed by atoms with Gasteiger partial charge in [0.25, 0.3) is 0 Å². The van der Waals surface area contributed by atoms with Crippen LogP contribution in [0.3, 0.4) is 0 Å². The van der Waals surface area contributed by atoms with E-state index in [1.165, 1.54) is 12.8 Å². The van der Waals surface area contributed by atoms with Crippen LogP contribution >= 0.6 is 0 Å². The SMILES string of the molecule is Cn1cnc(CNC2CCCCCC2O)n1. The molecule has 90 valence electrons. The lowest BCUT2D eigenvalue weighted by molar-refractivity contribution is 0.119. The summed E-state index contributed by atoms with van der Waals surface area (Å²) in [6.07, 6.45) is 7.01. The van der Waals surface area contributed by atoms with E-state index in [0.29, 0.717) is 6.54 Å². The second-order valence-electron chi connectivity index (χ2n) is 4.53. The van der Waals surface area contributed by atoms with Crippen LogP contribution in [0, 0.1) is 0 Å². The third-order valence-electron chi connectivity index (χ3n) is 3.15. The highest BCUT2D eigenvalue weighted by molar-refractivity contribution is 4.85. The minimum Gasteiger partial charge on any atom is -0.392 e. The standard InChI is InChI=1S/C11H20N4O/c1-15-8-13-11(14-15)7-12-9-5-3-2-4-6-10(9)16/h8-10,12,16H,2-7H2,1H3. The molecular weight excluding hydrogens is 204 g/mol. The van der Waals surface area contributed by atoms with Gasteiger partial charge >= 0.3 is 0 Å². The predicted octanol–water partition coefficient (Wildman–Crippen LogP) is 0.598. The zero-order valence-electron chi connectivity index (χ0n) is 9.76. The lowest BCUT2D eigenvalue weighted by Gasteiger charge is -2.20. The first-order valence-corrected chi connectivity index (χ1v) is 6.01. The van der Waals surface area contributed by atoms with Crippen LogP contribution in [-0.4, -0.2) is 32.0 Å². The molecule has 5 nitrogen and oxygen atoms in total. The molecular formula is C11H20N4O. The monoisotopic (exact) mass is 224 g/mol. The molecule has 0 spiro atoms. The van der Waals surface area contributed by atoms with Gasteiger partial charge in [-0.15, -0.1) is 0 Å². The summed E-state index contributed by atoms with van der Waals surface area (Å²) in [7, 11) is 1.86. The van der Waals surface area contributed by atoms with Gasteiger partial charge in [0, 0.05) is 13.1 Å². The Bertz CT molecular complexity index is 326. The first-order valence-electron chi connectivity index (χ1n) is 6.01. The Morgan fingerprint density at radius 3 is 3.00 bits per heavy atom. The van der Waals surface area contributed by atoms with Crippen molar-refractivity contribution in [3.63, 3.8) is 0 Å². The first kappa shape index (κ1) is 11.5. The van der Waals surface area contributed by atoms with Crippen LogP contribution in [0.4, 0.5) is 0 Å². The number of hydrogen-bond donors (Lipinski definition) is 2. The van der Waals surface area contributed by atoms with Crippen molar-refractivity contribution in [2.24, 2.45) is 7.05 Å². The van der Waals surface area contributed by atoms with E-state index in [0.717, 1.165) is 25.1 Å². The van der Waals surface area contributed by atoms with Gasteiger partial charge in [0.1, 0.15) is 6.33 Å². The summed E-state index contributed by atoms with van der Waals surface area (Å²) in [5.74, 6) is 0.791. The van der Waals surface area contributed by atoms with Crippen LogP contribution in [0.5, 0.6) is 0 Å². The molecule has 1 aromatic rings. The Morgan fingerprint density at radius 1 is 1.44 bits per heavy atom. The van der Waals surface area contributed by atoms with E-state index in [1.807, 2.05) is 7.05 Å². The van der Waals surface area contributed by atoms with Crippen molar-refractivity contribution in [1.29, 1.82) is 0 Å². The van der Waals surface area contributed by atoms with E-state index in [9.17, 15) is 5.11 Å². The lowest BCUT2D eigenvalue weighted by Crippen LogP contribution is -2.38. The number of aromatic nitrogens is 3. The summed E-state index contributed by atoms with van der Waals surface area (Å²) in [4.78, 5) is 4.16.